The largest absolute Gasteiger partial charge is 0.366 e. The molecule has 0 amide bonds. The molecule has 0 saturated carbocycles. The smallest absolute Gasteiger partial charge is 0.274 e. The highest BCUT2D eigenvalue weighted by atomic mass is 16.6. The minimum atomic E-state index is -0.551. The lowest BCUT2D eigenvalue weighted by Crippen LogP contribution is -2.09. The van der Waals surface area contributed by atoms with Gasteiger partial charge in [-0.3, -0.25) is 10.1 Å². The van der Waals surface area contributed by atoms with Crippen molar-refractivity contribution in [2.45, 2.75) is 19.6 Å². The van der Waals surface area contributed by atoms with E-state index in [0.29, 0.717) is 11.8 Å². The van der Waals surface area contributed by atoms with Gasteiger partial charge in [-0.25, -0.2) is 0 Å². The van der Waals surface area contributed by atoms with Crippen molar-refractivity contribution in [1.29, 1.82) is 0 Å². The van der Waals surface area contributed by atoms with Crippen molar-refractivity contribution in [3.63, 3.8) is 0 Å². The van der Waals surface area contributed by atoms with Gasteiger partial charge in [0.1, 0.15) is 12.4 Å². The van der Waals surface area contributed by atoms with Crippen molar-refractivity contribution in [2.75, 3.05) is 0 Å². The van der Waals surface area contributed by atoms with E-state index in [1.165, 1.54) is 6.07 Å². The van der Waals surface area contributed by atoms with Crippen molar-refractivity contribution >= 4 is 12.0 Å². The van der Waals surface area contributed by atoms with E-state index in [1.54, 1.807) is 25.1 Å². The minimum Gasteiger partial charge on any atom is -0.366 e. The van der Waals surface area contributed by atoms with Crippen LogP contribution in [0.15, 0.2) is 24.3 Å². The SMILES string of the molecule is CC(C=O)OCc1ccccc1[N+](=O)[O-]. The highest BCUT2D eigenvalue weighted by Gasteiger charge is 2.12. The molecule has 0 radical (unpaired) electrons. The Balaban J connectivity index is 2.76. The quantitative estimate of drug-likeness (QED) is 0.420. The maximum atomic E-state index is 10.6. The van der Waals surface area contributed by atoms with Crippen molar-refractivity contribution < 1.29 is 14.5 Å². The van der Waals surface area contributed by atoms with E-state index in [-0.39, 0.29) is 12.3 Å². The van der Waals surface area contributed by atoms with Crippen LogP contribution in [0.2, 0.25) is 0 Å². The molecule has 1 rings (SSSR count). The van der Waals surface area contributed by atoms with Crippen LogP contribution in [0.5, 0.6) is 0 Å². The lowest BCUT2D eigenvalue weighted by atomic mass is 10.2. The molecule has 1 aromatic rings. The van der Waals surface area contributed by atoms with Crippen LogP contribution in [0, 0.1) is 10.1 Å². The Morgan fingerprint density at radius 3 is 2.80 bits per heavy atom. The lowest BCUT2D eigenvalue weighted by molar-refractivity contribution is -0.386. The number of carbonyl (C=O) groups excluding carboxylic acids is 1. The van der Waals surface area contributed by atoms with Crippen molar-refractivity contribution in [2.24, 2.45) is 0 Å². The number of benzene rings is 1. The molecule has 0 heterocycles. The fraction of sp³-hybridized carbons (Fsp3) is 0.300. The van der Waals surface area contributed by atoms with Gasteiger partial charge in [0.2, 0.25) is 0 Å². The molecular weight excluding hydrogens is 198 g/mol. The number of carbonyl (C=O) groups is 1. The second-order valence-corrected chi connectivity index (χ2v) is 3.04. The topological polar surface area (TPSA) is 69.4 Å². The molecule has 0 spiro atoms. The molecule has 5 nitrogen and oxygen atoms in total. The summed E-state index contributed by atoms with van der Waals surface area (Å²) in [6.45, 7) is 1.65. The molecule has 0 N–H and O–H groups in total. The highest BCUT2D eigenvalue weighted by molar-refractivity contribution is 5.55. The molecule has 1 aromatic carbocycles. The van der Waals surface area contributed by atoms with E-state index < -0.39 is 11.0 Å². The Kier molecular flexibility index (Phi) is 3.93. The van der Waals surface area contributed by atoms with Crippen LogP contribution in [-0.2, 0) is 16.1 Å². The van der Waals surface area contributed by atoms with Gasteiger partial charge in [0.05, 0.1) is 17.1 Å². The first-order valence-corrected chi connectivity index (χ1v) is 4.44. The summed E-state index contributed by atoms with van der Waals surface area (Å²) in [6.07, 6.45) is 0.0965. The first-order valence-electron chi connectivity index (χ1n) is 4.44. The zero-order chi connectivity index (χ0) is 11.3. The number of ether oxygens (including phenoxy) is 1. The van der Waals surface area contributed by atoms with Gasteiger partial charge in [-0.05, 0) is 13.0 Å². The summed E-state index contributed by atoms with van der Waals surface area (Å²) < 4.78 is 5.10. The van der Waals surface area contributed by atoms with Crippen molar-refractivity contribution in [1.82, 2.24) is 0 Å². The summed E-state index contributed by atoms with van der Waals surface area (Å²) in [7, 11) is 0. The number of para-hydroxylation sites is 1. The van der Waals surface area contributed by atoms with Crippen molar-refractivity contribution in [3.05, 3.63) is 39.9 Å². The molecular formula is C10H11NO4. The monoisotopic (exact) mass is 209 g/mol. The van der Waals surface area contributed by atoms with Crippen LogP contribution in [0.1, 0.15) is 12.5 Å². The number of aldehydes is 1. The first-order chi connectivity index (χ1) is 7.15. The Hall–Kier alpha value is -1.75. The maximum absolute atomic E-state index is 10.6. The number of rotatable bonds is 5. The number of nitrogens with zero attached hydrogens (tertiary/aromatic N) is 1. The molecule has 80 valence electrons. The average Bonchev–Trinajstić information content (AvgIpc) is 2.26. The summed E-state index contributed by atoms with van der Waals surface area (Å²) in [5.41, 5.74) is 0.479. The van der Waals surface area contributed by atoms with Gasteiger partial charge in [-0.1, -0.05) is 12.1 Å². The van der Waals surface area contributed by atoms with Crippen LogP contribution in [-0.4, -0.2) is 17.3 Å². The summed E-state index contributed by atoms with van der Waals surface area (Å²) in [6, 6.07) is 6.29. The summed E-state index contributed by atoms with van der Waals surface area (Å²) in [5.74, 6) is 0. The average molecular weight is 209 g/mol. The second-order valence-electron chi connectivity index (χ2n) is 3.04. The Morgan fingerprint density at radius 1 is 1.53 bits per heavy atom. The van der Waals surface area contributed by atoms with Gasteiger partial charge >= 0.3 is 0 Å². The third kappa shape index (κ3) is 3.14. The van der Waals surface area contributed by atoms with Gasteiger partial charge in [0.15, 0.2) is 0 Å². The van der Waals surface area contributed by atoms with Gasteiger partial charge in [0, 0.05) is 6.07 Å². The standard InChI is InChI=1S/C10H11NO4/c1-8(6-12)15-7-9-4-2-3-5-10(9)11(13)14/h2-6,8H,7H2,1H3. The highest BCUT2D eigenvalue weighted by Crippen LogP contribution is 2.18. The van der Waals surface area contributed by atoms with Crippen LogP contribution in [0.3, 0.4) is 0 Å². The summed E-state index contributed by atoms with van der Waals surface area (Å²) in [5, 5.41) is 10.6. The summed E-state index contributed by atoms with van der Waals surface area (Å²) >= 11 is 0. The lowest BCUT2D eigenvalue weighted by Gasteiger charge is -2.06. The molecule has 5 heteroatoms. The molecule has 0 bridgehead atoms. The fourth-order valence-electron chi connectivity index (χ4n) is 1.07. The van der Waals surface area contributed by atoms with E-state index in [9.17, 15) is 14.9 Å². The van der Waals surface area contributed by atoms with Crippen molar-refractivity contribution in [3.8, 4) is 0 Å². The molecule has 0 aliphatic carbocycles. The van der Waals surface area contributed by atoms with E-state index in [2.05, 4.69) is 0 Å². The molecule has 0 saturated heterocycles. The van der Waals surface area contributed by atoms with Crippen LogP contribution in [0.4, 0.5) is 5.69 Å². The third-order valence-electron chi connectivity index (χ3n) is 1.88. The summed E-state index contributed by atoms with van der Waals surface area (Å²) in [4.78, 5) is 20.4. The zero-order valence-corrected chi connectivity index (χ0v) is 8.25. The first kappa shape index (κ1) is 11.3. The number of nitro groups is 1. The molecule has 0 aliphatic heterocycles. The Bertz CT molecular complexity index is 364. The Labute approximate surface area is 86.8 Å². The molecule has 0 aromatic heterocycles. The normalized spacial score (nSPS) is 12.1. The minimum absolute atomic E-state index is 0.00981. The maximum Gasteiger partial charge on any atom is 0.274 e. The van der Waals surface area contributed by atoms with E-state index in [1.807, 2.05) is 0 Å². The zero-order valence-electron chi connectivity index (χ0n) is 8.25. The van der Waals surface area contributed by atoms with Gasteiger partial charge < -0.3 is 9.53 Å². The van der Waals surface area contributed by atoms with Crippen LogP contribution >= 0.6 is 0 Å². The molecule has 0 fully saturated rings. The predicted octanol–water partition coefficient (Wildman–Crippen LogP) is 1.70. The number of nitro benzene ring substituents is 1. The van der Waals surface area contributed by atoms with Crippen LogP contribution < -0.4 is 0 Å². The molecule has 0 aliphatic rings. The third-order valence-corrected chi connectivity index (χ3v) is 1.88. The van der Waals surface area contributed by atoms with Gasteiger partial charge in [-0.15, -0.1) is 0 Å². The molecule has 1 unspecified atom stereocenters. The Morgan fingerprint density at radius 2 is 2.20 bits per heavy atom. The number of hydrogen-bond acceptors (Lipinski definition) is 4. The fourth-order valence-corrected chi connectivity index (χ4v) is 1.07. The van der Waals surface area contributed by atoms with E-state index in [4.69, 9.17) is 4.74 Å². The van der Waals surface area contributed by atoms with Gasteiger partial charge in [0.25, 0.3) is 5.69 Å². The van der Waals surface area contributed by atoms with Gasteiger partial charge in [-0.2, -0.15) is 0 Å². The predicted molar refractivity (Wildman–Crippen MR) is 53.4 cm³/mol. The van der Waals surface area contributed by atoms with E-state index >= 15 is 0 Å². The number of hydrogen-bond donors (Lipinski definition) is 0. The molecule has 1 atom stereocenters. The van der Waals surface area contributed by atoms with E-state index in [0.717, 1.165) is 0 Å². The second kappa shape index (κ2) is 5.21. The van der Waals surface area contributed by atoms with Crippen LogP contribution in [0.25, 0.3) is 0 Å². The molecule has 15 heavy (non-hydrogen) atoms.